The van der Waals surface area contributed by atoms with Gasteiger partial charge in [0.2, 0.25) is 11.8 Å². The fourth-order valence-corrected chi connectivity index (χ4v) is 10.3. The number of Topliss-reactive ketones (excluding diaryl/α,β-unsaturated/α-hetero) is 2. The third kappa shape index (κ3) is 11.8. The van der Waals surface area contributed by atoms with Crippen LogP contribution in [0.15, 0.2) is 41.9 Å². The molecule has 10 nitrogen and oxygen atoms in total. The Kier molecular flexibility index (Phi) is 18.2. The average molecular weight is 795 g/mol. The molecule has 0 bridgehead atoms. The van der Waals surface area contributed by atoms with Crippen LogP contribution in [0.2, 0.25) is 0 Å². The van der Waals surface area contributed by atoms with E-state index >= 15 is 0 Å². The molecule has 11 heteroatoms. The molecule has 1 saturated heterocycles. The van der Waals surface area contributed by atoms with E-state index < -0.39 is 24.0 Å². The van der Waals surface area contributed by atoms with Gasteiger partial charge in [-0.2, -0.15) is 0 Å². The topological polar surface area (TPSA) is 118 Å². The van der Waals surface area contributed by atoms with Crippen LogP contribution >= 0.6 is 11.3 Å². The van der Waals surface area contributed by atoms with Gasteiger partial charge in [0.1, 0.15) is 5.78 Å². The maximum Gasteiger partial charge on any atom is 0.226 e. The van der Waals surface area contributed by atoms with Gasteiger partial charge in [-0.15, -0.1) is 11.3 Å². The van der Waals surface area contributed by atoms with Crippen molar-refractivity contribution in [3.05, 3.63) is 52.5 Å². The van der Waals surface area contributed by atoms with E-state index in [1.165, 1.54) is 0 Å². The highest BCUT2D eigenvalue weighted by molar-refractivity contribution is 7.09. The predicted molar refractivity (Wildman–Crippen MR) is 224 cm³/mol. The van der Waals surface area contributed by atoms with E-state index in [4.69, 9.17) is 9.47 Å². The Morgan fingerprint density at radius 1 is 0.893 bits per heavy atom. The molecule has 1 N–H and O–H groups in total. The Morgan fingerprint density at radius 3 is 2.16 bits per heavy atom. The fraction of sp³-hybridized carbons (Fsp3) is 0.711. The number of aromatic nitrogens is 1. The molecule has 2 amide bonds. The molecule has 2 aromatic rings. The van der Waals surface area contributed by atoms with Gasteiger partial charge < -0.3 is 24.6 Å². The van der Waals surface area contributed by atoms with Gasteiger partial charge in [0.15, 0.2) is 5.78 Å². The highest BCUT2D eigenvalue weighted by atomic mass is 32.1. The summed E-state index contributed by atoms with van der Waals surface area (Å²) in [6.45, 7) is 10.6. The van der Waals surface area contributed by atoms with Crippen molar-refractivity contribution in [3.8, 4) is 0 Å². The van der Waals surface area contributed by atoms with Crippen molar-refractivity contribution in [1.82, 2.24) is 20.1 Å². The first-order valence-corrected chi connectivity index (χ1v) is 22.0. The van der Waals surface area contributed by atoms with E-state index in [0.717, 1.165) is 61.9 Å². The molecular weight excluding hydrogens is 725 g/mol. The summed E-state index contributed by atoms with van der Waals surface area (Å²) >= 11 is 1.58. The number of nitrogens with zero attached hydrogens (tertiary/aromatic N) is 3. The van der Waals surface area contributed by atoms with Crippen molar-refractivity contribution in [3.63, 3.8) is 0 Å². The van der Waals surface area contributed by atoms with Crippen molar-refractivity contribution in [2.45, 2.75) is 141 Å². The molecule has 1 aliphatic heterocycles. The van der Waals surface area contributed by atoms with Crippen LogP contribution in [0.3, 0.4) is 0 Å². The number of carbonyl (C=O) groups is 4. The van der Waals surface area contributed by atoms with Gasteiger partial charge in [0, 0.05) is 70.0 Å². The minimum absolute atomic E-state index is 0.0376. The molecule has 4 rings (SSSR count). The molecule has 0 unspecified atom stereocenters. The number of ether oxygens (including phenoxy) is 2. The summed E-state index contributed by atoms with van der Waals surface area (Å²) < 4.78 is 12.3. The van der Waals surface area contributed by atoms with Crippen molar-refractivity contribution in [1.29, 1.82) is 0 Å². The minimum atomic E-state index is -0.526. The normalized spacial score (nSPS) is 20.3. The molecule has 312 valence electrons. The molecular formula is C45H70N4O6S. The first-order chi connectivity index (χ1) is 26.8. The highest BCUT2D eigenvalue weighted by Crippen LogP contribution is 2.36. The lowest BCUT2D eigenvalue weighted by Gasteiger charge is -2.43. The van der Waals surface area contributed by atoms with Crippen LogP contribution in [0.5, 0.6) is 0 Å². The molecule has 0 spiro atoms. The molecule has 1 aliphatic carbocycles. The van der Waals surface area contributed by atoms with Crippen molar-refractivity contribution < 1.29 is 28.7 Å². The van der Waals surface area contributed by atoms with Gasteiger partial charge in [-0.3, -0.25) is 19.2 Å². The molecule has 2 heterocycles. The van der Waals surface area contributed by atoms with Crippen molar-refractivity contribution in [2.75, 3.05) is 34.9 Å². The van der Waals surface area contributed by atoms with Crippen LogP contribution in [0.25, 0.3) is 0 Å². The zero-order valence-electron chi connectivity index (χ0n) is 35.6. The van der Waals surface area contributed by atoms with E-state index in [9.17, 15) is 19.2 Å². The quantitative estimate of drug-likeness (QED) is 0.132. The third-order valence-electron chi connectivity index (χ3n) is 12.7. The van der Waals surface area contributed by atoms with Crippen LogP contribution in [0.4, 0.5) is 0 Å². The molecule has 8 atom stereocenters. The van der Waals surface area contributed by atoms with Crippen LogP contribution < -0.4 is 5.32 Å². The Labute approximate surface area is 340 Å². The van der Waals surface area contributed by atoms with Crippen LogP contribution in [0, 0.1) is 29.6 Å². The Balaban J connectivity index is 1.51. The molecule has 56 heavy (non-hydrogen) atoms. The summed E-state index contributed by atoms with van der Waals surface area (Å²) in [4.78, 5) is 64.8. The third-order valence-corrected chi connectivity index (χ3v) is 13.6. The Bertz CT molecular complexity index is 1510. The van der Waals surface area contributed by atoms with E-state index in [0.29, 0.717) is 13.0 Å². The second kappa shape index (κ2) is 22.2. The fourth-order valence-electron chi connectivity index (χ4n) is 9.54. The SMILES string of the molecule is CN[C@H](C(=O)C[C@H](C(=O)N(C)[C@@H](C1CCCCC1)[C@@H](CC(=O)N1CCC[C@H]1[C@H](OC)[C@@H](C)C(=O)C[C@@H](Cc1ccccc1)c1nccs1)OC)C(C)C)C(C)C. The second-order valence-electron chi connectivity index (χ2n) is 17.1. The number of amides is 2. The maximum absolute atomic E-state index is 14.5. The summed E-state index contributed by atoms with van der Waals surface area (Å²) in [6.07, 6.45) is 8.95. The zero-order chi connectivity index (χ0) is 40.9. The summed E-state index contributed by atoms with van der Waals surface area (Å²) in [5.74, 6) is -0.652. The van der Waals surface area contributed by atoms with E-state index in [1.807, 2.05) is 75.0 Å². The Morgan fingerprint density at radius 2 is 1.59 bits per heavy atom. The van der Waals surface area contributed by atoms with Crippen LogP contribution in [-0.4, -0.2) is 103 Å². The number of thiazole rings is 1. The number of rotatable bonds is 22. The molecule has 1 saturated carbocycles. The van der Waals surface area contributed by atoms with Gasteiger partial charge in [-0.1, -0.05) is 84.2 Å². The van der Waals surface area contributed by atoms with Gasteiger partial charge >= 0.3 is 0 Å². The van der Waals surface area contributed by atoms with E-state index in [1.54, 1.807) is 38.8 Å². The van der Waals surface area contributed by atoms with Crippen LogP contribution in [0.1, 0.15) is 115 Å². The summed E-state index contributed by atoms with van der Waals surface area (Å²) in [5, 5.41) is 6.06. The van der Waals surface area contributed by atoms with Crippen molar-refractivity contribution in [2.24, 2.45) is 29.6 Å². The second-order valence-corrected chi connectivity index (χ2v) is 18.0. The predicted octanol–water partition coefficient (Wildman–Crippen LogP) is 7.36. The van der Waals surface area contributed by atoms with Crippen LogP contribution in [-0.2, 0) is 35.1 Å². The summed E-state index contributed by atoms with van der Waals surface area (Å²) in [5.41, 5.74) is 1.16. The molecule has 1 aromatic heterocycles. The smallest absolute Gasteiger partial charge is 0.226 e. The maximum atomic E-state index is 14.5. The highest BCUT2D eigenvalue weighted by Gasteiger charge is 2.44. The lowest BCUT2D eigenvalue weighted by molar-refractivity contribution is -0.149. The number of carbonyl (C=O) groups excluding carboxylic acids is 4. The number of hydrogen-bond acceptors (Lipinski definition) is 9. The van der Waals surface area contributed by atoms with Crippen molar-refractivity contribution >= 4 is 34.7 Å². The number of hydrogen-bond donors (Lipinski definition) is 1. The van der Waals surface area contributed by atoms with E-state index in [-0.39, 0.29) is 78.0 Å². The molecule has 1 aromatic carbocycles. The molecule has 0 radical (unpaired) electrons. The standard InChI is InChI=1S/C45H70N4O6S/c1-29(2)35(27-38(51)41(46-6)30(3)4)45(53)48(7)42(33-19-14-11-15-20-33)39(54-8)28-40(52)49-23-16-21-36(49)43(55-9)31(5)37(50)26-34(44-47-22-24-56-44)25-32-17-12-10-13-18-32/h10,12-13,17-18,22,24,29-31,33-36,39,41-43,46H,11,14-16,19-21,23,25-28H2,1-9H3/t31-,34+,35-,36-,39+,41-,42-,43+/m0/s1. The van der Waals surface area contributed by atoms with Gasteiger partial charge in [0.25, 0.3) is 0 Å². The monoisotopic (exact) mass is 795 g/mol. The zero-order valence-corrected chi connectivity index (χ0v) is 36.4. The van der Waals surface area contributed by atoms with Gasteiger partial charge in [-0.25, -0.2) is 4.98 Å². The molecule has 2 fully saturated rings. The van der Waals surface area contributed by atoms with E-state index in [2.05, 4.69) is 22.4 Å². The van der Waals surface area contributed by atoms with Gasteiger partial charge in [-0.05, 0) is 62.5 Å². The first-order valence-electron chi connectivity index (χ1n) is 21.1. The lowest BCUT2D eigenvalue weighted by atomic mass is 9.79. The van der Waals surface area contributed by atoms with Gasteiger partial charge in [0.05, 0.1) is 41.8 Å². The Hall–Kier alpha value is -2.99. The first kappa shape index (κ1) is 45.7. The molecule has 2 aliphatic rings. The minimum Gasteiger partial charge on any atom is -0.379 e. The largest absolute Gasteiger partial charge is 0.379 e. The number of nitrogens with one attached hydrogen (secondary N) is 1. The number of likely N-dealkylation sites (N-methyl/N-ethyl adjacent to an activating group) is 2. The number of benzene rings is 1. The average Bonchev–Trinajstić information content (AvgIpc) is 3.91. The summed E-state index contributed by atoms with van der Waals surface area (Å²) in [7, 11) is 6.93. The number of likely N-dealkylation sites (tertiary alicyclic amines) is 1. The summed E-state index contributed by atoms with van der Waals surface area (Å²) in [6, 6.07) is 9.33. The number of ketones is 2. The lowest BCUT2D eigenvalue weighted by Crippen LogP contribution is -2.55. The number of methoxy groups -OCH3 is 2.